The van der Waals surface area contributed by atoms with Gasteiger partial charge in [0.05, 0.1) is 16.5 Å². The highest BCUT2D eigenvalue weighted by Gasteiger charge is 2.23. The van der Waals surface area contributed by atoms with Crippen molar-refractivity contribution in [3.8, 4) is 11.4 Å². The van der Waals surface area contributed by atoms with Crippen molar-refractivity contribution in [2.45, 2.75) is 11.4 Å². The van der Waals surface area contributed by atoms with E-state index in [-0.39, 0.29) is 23.2 Å². The Morgan fingerprint density at radius 1 is 1.16 bits per heavy atom. The van der Waals surface area contributed by atoms with E-state index in [2.05, 4.69) is 10.1 Å². The molecule has 0 aliphatic carbocycles. The lowest BCUT2D eigenvalue weighted by molar-refractivity contribution is 0.336. The van der Waals surface area contributed by atoms with Crippen LogP contribution in [-0.4, -0.2) is 29.9 Å². The molecule has 0 saturated heterocycles. The van der Waals surface area contributed by atoms with Crippen LogP contribution in [0.1, 0.15) is 5.89 Å². The SMILES string of the molecule is CN(Cc1nc(-c2ccccc2Cl)no1)S(=O)(=O)c1ccc(F)cc1. The molecule has 0 amide bonds. The van der Waals surface area contributed by atoms with Crippen LogP contribution in [0.4, 0.5) is 4.39 Å². The van der Waals surface area contributed by atoms with Crippen LogP contribution in [0.2, 0.25) is 5.02 Å². The van der Waals surface area contributed by atoms with Gasteiger partial charge in [-0.15, -0.1) is 0 Å². The highest BCUT2D eigenvalue weighted by molar-refractivity contribution is 7.89. The average Bonchev–Trinajstić information content (AvgIpc) is 3.04. The molecule has 6 nitrogen and oxygen atoms in total. The number of hydrogen-bond donors (Lipinski definition) is 0. The van der Waals surface area contributed by atoms with Gasteiger partial charge in [0.1, 0.15) is 5.82 Å². The van der Waals surface area contributed by atoms with Crippen molar-refractivity contribution >= 4 is 21.6 Å². The van der Waals surface area contributed by atoms with Gasteiger partial charge in [-0.2, -0.15) is 9.29 Å². The van der Waals surface area contributed by atoms with Crippen molar-refractivity contribution in [3.05, 3.63) is 65.3 Å². The van der Waals surface area contributed by atoms with Gasteiger partial charge in [-0.05, 0) is 36.4 Å². The van der Waals surface area contributed by atoms with Crippen LogP contribution in [0.25, 0.3) is 11.4 Å². The Morgan fingerprint density at radius 3 is 2.52 bits per heavy atom. The maximum absolute atomic E-state index is 13.0. The van der Waals surface area contributed by atoms with Gasteiger partial charge in [-0.1, -0.05) is 28.9 Å². The van der Waals surface area contributed by atoms with E-state index in [9.17, 15) is 12.8 Å². The fraction of sp³-hybridized carbons (Fsp3) is 0.125. The zero-order valence-electron chi connectivity index (χ0n) is 13.1. The van der Waals surface area contributed by atoms with E-state index in [0.29, 0.717) is 10.6 Å². The molecule has 0 bridgehead atoms. The molecule has 2 aromatic carbocycles. The second-order valence-corrected chi connectivity index (χ2v) is 7.66. The summed E-state index contributed by atoms with van der Waals surface area (Å²) < 4.78 is 44.1. The van der Waals surface area contributed by atoms with Gasteiger partial charge in [-0.25, -0.2) is 12.8 Å². The van der Waals surface area contributed by atoms with Crippen LogP contribution in [0.3, 0.4) is 0 Å². The molecule has 0 radical (unpaired) electrons. The van der Waals surface area contributed by atoms with Gasteiger partial charge in [0, 0.05) is 12.6 Å². The Morgan fingerprint density at radius 2 is 1.84 bits per heavy atom. The lowest BCUT2D eigenvalue weighted by Crippen LogP contribution is -2.26. The molecule has 25 heavy (non-hydrogen) atoms. The van der Waals surface area contributed by atoms with E-state index in [1.165, 1.54) is 19.2 Å². The molecule has 0 fully saturated rings. The van der Waals surface area contributed by atoms with Crippen LogP contribution in [0.15, 0.2) is 57.9 Å². The molecule has 0 aliphatic rings. The second kappa shape index (κ2) is 6.91. The normalized spacial score (nSPS) is 11.8. The van der Waals surface area contributed by atoms with E-state index in [1.807, 2.05) is 0 Å². The van der Waals surface area contributed by atoms with Crippen molar-refractivity contribution in [2.75, 3.05) is 7.05 Å². The van der Waals surface area contributed by atoms with Crippen molar-refractivity contribution in [1.82, 2.24) is 14.4 Å². The van der Waals surface area contributed by atoms with Crippen molar-refractivity contribution < 1.29 is 17.3 Å². The third-order valence-corrected chi connectivity index (χ3v) is 5.61. The van der Waals surface area contributed by atoms with Crippen molar-refractivity contribution in [2.24, 2.45) is 0 Å². The molecule has 130 valence electrons. The van der Waals surface area contributed by atoms with Gasteiger partial charge in [0.25, 0.3) is 0 Å². The molecule has 0 saturated carbocycles. The van der Waals surface area contributed by atoms with Crippen molar-refractivity contribution in [1.29, 1.82) is 0 Å². The highest BCUT2D eigenvalue weighted by Crippen LogP contribution is 2.25. The van der Waals surface area contributed by atoms with Crippen LogP contribution in [-0.2, 0) is 16.6 Å². The Labute approximate surface area is 148 Å². The summed E-state index contributed by atoms with van der Waals surface area (Å²) in [7, 11) is -2.43. The van der Waals surface area contributed by atoms with Crippen LogP contribution in [0, 0.1) is 5.82 Å². The quantitative estimate of drug-likeness (QED) is 0.677. The summed E-state index contributed by atoms with van der Waals surface area (Å²) in [4.78, 5) is 4.15. The first-order chi connectivity index (χ1) is 11.9. The predicted molar refractivity (Wildman–Crippen MR) is 89.8 cm³/mol. The Kier molecular flexibility index (Phi) is 4.85. The lowest BCUT2D eigenvalue weighted by atomic mass is 10.2. The Hall–Kier alpha value is -2.29. The predicted octanol–water partition coefficient (Wildman–Crippen LogP) is 3.35. The lowest BCUT2D eigenvalue weighted by Gasteiger charge is -2.14. The molecule has 3 aromatic rings. The van der Waals surface area contributed by atoms with E-state index in [1.54, 1.807) is 24.3 Å². The molecule has 1 heterocycles. The first-order valence-electron chi connectivity index (χ1n) is 7.17. The fourth-order valence-corrected chi connectivity index (χ4v) is 3.47. The van der Waals surface area contributed by atoms with Gasteiger partial charge in [0.2, 0.25) is 21.7 Å². The number of halogens is 2. The number of rotatable bonds is 5. The number of sulfonamides is 1. The molecule has 0 unspecified atom stereocenters. The van der Waals surface area contributed by atoms with E-state index < -0.39 is 15.8 Å². The standard InChI is InChI=1S/C16H13ClFN3O3S/c1-21(25(22,23)12-8-6-11(18)7-9-12)10-15-19-16(20-24-15)13-4-2-3-5-14(13)17/h2-9H,10H2,1H3. The van der Waals surface area contributed by atoms with Gasteiger partial charge < -0.3 is 4.52 Å². The monoisotopic (exact) mass is 381 g/mol. The minimum absolute atomic E-state index is 0.0257. The Balaban J connectivity index is 1.81. The summed E-state index contributed by atoms with van der Waals surface area (Å²) in [6.07, 6.45) is 0. The molecular weight excluding hydrogens is 369 g/mol. The zero-order chi connectivity index (χ0) is 18.0. The zero-order valence-corrected chi connectivity index (χ0v) is 14.6. The van der Waals surface area contributed by atoms with E-state index >= 15 is 0 Å². The summed E-state index contributed by atoms with van der Waals surface area (Å²) in [6.45, 7) is -0.128. The molecule has 0 spiro atoms. The second-order valence-electron chi connectivity index (χ2n) is 5.21. The first kappa shape index (κ1) is 17.5. The van der Waals surface area contributed by atoms with E-state index in [4.69, 9.17) is 16.1 Å². The molecule has 0 aliphatic heterocycles. The summed E-state index contributed by atoms with van der Waals surface area (Å²) in [5.41, 5.74) is 0.586. The fourth-order valence-electron chi connectivity index (χ4n) is 2.13. The van der Waals surface area contributed by atoms with Crippen molar-refractivity contribution in [3.63, 3.8) is 0 Å². The highest BCUT2D eigenvalue weighted by atomic mass is 35.5. The topological polar surface area (TPSA) is 76.3 Å². The van der Waals surface area contributed by atoms with Crippen LogP contribution < -0.4 is 0 Å². The number of aromatic nitrogens is 2. The molecule has 1 aromatic heterocycles. The maximum Gasteiger partial charge on any atom is 0.243 e. The average molecular weight is 382 g/mol. The summed E-state index contributed by atoms with van der Waals surface area (Å²) in [5, 5.41) is 4.29. The van der Waals surface area contributed by atoms with Crippen LogP contribution >= 0.6 is 11.6 Å². The van der Waals surface area contributed by atoms with E-state index in [0.717, 1.165) is 16.4 Å². The number of nitrogens with zero attached hydrogens (tertiary/aromatic N) is 3. The van der Waals surface area contributed by atoms with Gasteiger partial charge in [-0.3, -0.25) is 0 Å². The molecular formula is C16H13ClFN3O3S. The molecule has 3 rings (SSSR count). The molecule has 0 atom stereocenters. The van der Waals surface area contributed by atoms with Gasteiger partial charge in [0.15, 0.2) is 0 Å². The maximum atomic E-state index is 13.0. The van der Waals surface area contributed by atoms with Crippen LogP contribution in [0.5, 0.6) is 0 Å². The summed E-state index contributed by atoms with van der Waals surface area (Å²) in [5.74, 6) is -0.126. The third-order valence-electron chi connectivity index (χ3n) is 3.46. The minimum Gasteiger partial charge on any atom is -0.338 e. The molecule has 0 N–H and O–H groups in total. The first-order valence-corrected chi connectivity index (χ1v) is 8.99. The smallest absolute Gasteiger partial charge is 0.243 e. The van der Waals surface area contributed by atoms with Gasteiger partial charge >= 0.3 is 0 Å². The summed E-state index contributed by atoms with van der Waals surface area (Å²) in [6, 6.07) is 11.5. The largest absolute Gasteiger partial charge is 0.338 e. The molecule has 9 heteroatoms. The minimum atomic E-state index is -3.80. The number of benzene rings is 2. The Bertz CT molecular complexity index is 990. The number of hydrogen-bond acceptors (Lipinski definition) is 5. The summed E-state index contributed by atoms with van der Waals surface area (Å²) >= 11 is 6.08. The third kappa shape index (κ3) is 3.71.